The number of hydrogen-bond acceptors (Lipinski definition) is 3. The maximum absolute atomic E-state index is 12.4. The van der Waals surface area contributed by atoms with Gasteiger partial charge in [0.1, 0.15) is 0 Å². The predicted octanol–water partition coefficient (Wildman–Crippen LogP) is 0.896. The Bertz CT molecular complexity index is 521. The van der Waals surface area contributed by atoms with E-state index in [-0.39, 0.29) is 6.04 Å². The largest absolute Gasteiger partial charge is 0.313 e. The lowest BCUT2D eigenvalue weighted by Crippen LogP contribution is -2.57. The van der Waals surface area contributed by atoms with Gasteiger partial charge in [-0.1, -0.05) is 12.1 Å². The number of hydrogen-bond donors (Lipinski definition) is 1. The molecular formula is C12H18N2O2S. The number of likely N-dealkylation sites (N-methyl/N-ethyl adjacent to an activating group) is 1. The molecule has 0 aliphatic carbocycles. The minimum atomic E-state index is -3.36. The van der Waals surface area contributed by atoms with Crippen molar-refractivity contribution in [3.63, 3.8) is 0 Å². The summed E-state index contributed by atoms with van der Waals surface area (Å²) in [5.41, 5.74) is 1.77. The zero-order chi connectivity index (χ0) is 12.6. The van der Waals surface area contributed by atoms with Crippen LogP contribution in [0.25, 0.3) is 0 Å². The number of rotatable bonds is 3. The Morgan fingerprint density at radius 3 is 2.47 bits per heavy atom. The molecule has 0 spiro atoms. The molecule has 0 bridgehead atoms. The first-order valence-electron chi connectivity index (χ1n) is 5.69. The van der Waals surface area contributed by atoms with E-state index in [9.17, 15) is 8.42 Å². The van der Waals surface area contributed by atoms with E-state index in [1.807, 2.05) is 26.0 Å². The summed E-state index contributed by atoms with van der Waals surface area (Å²) >= 11 is 0. The van der Waals surface area contributed by atoms with Gasteiger partial charge < -0.3 is 5.32 Å². The van der Waals surface area contributed by atoms with Crippen molar-refractivity contribution in [2.75, 3.05) is 20.1 Å². The normalized spacial score (nSPS) is 17.2. The van der Waals surface area contributed by atoms with E-state index in [1.165, 1.54) is 4.31 Å². The maximum Gasteiger partial charge on any atom is 0.243 e. The van der Waals surface area contributed by atoms with Gasteiger partial charge in [0, 0.05) is 26.2 Å². The molecule has 0 unspecified atom stereocenters. The molecule has 1 aliphatic rings. The molecule has 5 heteroatoms. The van der Waals surface area contributed by atoms with Crippen LogP contribution in [-0.2, 0) is 10.0 Å². The molecule has 94 valence electrons. The van der Waals surface area contributed by atoms with Gasteiger partial charge in [-0.2, -0.15) is 4.31 Å². The Labute approximate surface area is 103 Å². The van der Waals surface area contributed by atoms with E-state index in [4.69, 9.17) is 0 Å². The van der Waals surface area contributed by atoms with E-state index in [0.29, 0.717) is 4.90 Å². The number of nitrogens with one attached hydrogen (secondary N) is 1. The fraction of sp³-hybridized carbons (Fsp3) is 0.500. The van der Waals surface area contributed by atoms with Crippen molar-refractivity contribution in [2.24, 2.45) is 0 Å². The Morgan fingerprint density at radius 1 is 1.29 bits per heavy atom. The molecule has 0 amide bonds. The molecule has 2 rings (SSSR count). The van der Waals surface area contributed by atoms with Gasteiger partial charge in [-0.15, -0.1) is 0 Å². The first-order chi connectivity index (χ1) is 7.93. The van der Waals surface area contributed by atoms with Crippen LogP contribution in [-0.4, -0.2) is 38.9 Å². The molecule has 1 fully saturated rings. The maximum atomic E-state index is 12.4. The van der Waals surface area contributed by atoms with Crippen LogP contribution >= 0.6 is 0 Å². The lowest BCUT2D eigenvalue weighted by molar-refractivity contribution is 0.274. The zero-order valence-electron chi connectivity index (χ0n) is 10.4. The molecule has 0 radical (unpaired) electrons. The number of aryl methyl sites for hydroxylation is 2. The lowest BCUT2D eigenvalue weighted by Gasteiger charge is -2.35. The van der Waals surface area contributed by atoms with Crippen LogP contribution in [0.1, 0.15) is 11.1 Å². The van der Waals surface area contributed by atoms with Crippen LogP contribution in [0, 0.1) is 13.8 Å². The summed E-state index contributed by atoms with van der Waals surface area (Å²) < 4.78 is 26.4. The smallest absolute Gasteiger partial charge is 0.243 e. The Kier molecular flexibility index (Phi) is 3.25. The van der Waals surface area contributed by atoms with Crippen LogP contribution in [0.5, 0.6) is 0 Å². The average molecular weight is 254 g/mol. The molecular weight excluding hydrogens is 236 g/mol. The van der Waals surface area contributed by atoms with Crippen LogP contribution in [0.4, 0.5) is 0 Å². The highest BCUT2D eigenvalue weighted by molar-refractivity contribution is 7.89. The van der Waals surface area contributed by atoms with Crippen LogP contribution in [0.3, 0.4) is 0 Å². The van der Waals surface area contributed by atoms with Crippen LogP contribution in [0.2, 0.25) is 0 Å². The molecule has 0 saturated carbocycles. The number of sulfonamides is 1. The minimum absolute atomic E-state index is 0.0833. The van der Waals surface area contributed by atoms with Crippen molar-refractivity contribution in [2.45, 2.75) is 24.8 Å². The van der Waals surface area contributed by atoms with Crippen molar-refractivity contribution in [1.29, 1.82) is 0 Å². The van der Waals surface area contributed by atoms with E-state index in [2.05, 4.69) is 5.32 Å². The van der Waals surface area contributed by atoms with E-state index < -0.39 is 10.0 Å². The first-order valence-corrected chi connectivity index (χ1v) is 7.13. The van der Waals surface area contributed by atoms with Gasteiger partial charge in [-0.3, -0.25) is 0 Å². The van der Waals surface area contributed by atoms with Crippen molar-refractivity contribution < 1.29 is 8.42 Å². The highest BCUT2D eigenvalue weighted by Crippen LogP contribution is 2.22. The number of benzene rings is 1. The zero-order valence-corrected chi connectivity index (χ0v) is 11.2. The fourth-order valence-corrected chi connectivity index (χ4v) is 3.53. The standard InChI is InChI=1S/C12H18N2O2S/c1-9-4-5-10(2)12(6-9)17(15,16)14(3)11-7-13-8-11/h4-6,11,13H,7-8H2,1-3H3. The Hall–Kier alpha value is -0.910. The summed E-state index contributed by atoms with van der Waals surface area (Å²) in [4.78, 5) is 0.423. The Balaban J connectivity index is 2.39. The average Bonchev–Trinajstić information content (AvgIpc) is 2.19. The second kappa shape index (κ2) is 4.40. The predicted molar refractivity (Wildman–Crippen MR) is 67.5 cm³/mol. The summed E-state index contributed by atoms with van der Waals surface area (Å²) in [6, 6.07) is 5.61. The highest BCUT2D eigenvalue weighted by atomic mass is 32.2. The molecule has 1 aromatic carbocycles. The number of nitrogens with zero attached hydrogens (tertiary/aromatic N) is 1. The third kappa shape index (κ3) is 2.22. The minimum Gasteiger partial charge on any atom is -0.313 e. The second-order valence-electron chi connectivity index (χ2n) is 4.60. The summed E-state index contributed by atoms with van der Waals surface area (Å²) in [7, 11) is -1.70. The molecule has 4 nitrogen and oxygen atoms in total. The van der Waals surface area contributed by atoms with Crippen LogP contribution < -0.4 is 5.32 Å². The second-order valence-corrected chi connectivity index (χ2v) is 6.57. The van der Waals surface area contributed by atoms with Gasteiger partial charge in [-0.25, -0.2) is 8.42 Å². The summed E-state index contributed by atoms with van der Waals surface area (Å²) in [5.74, 6) is 0. The van der Waals surface area contributed by atoms with Gasteiger partial charge in [-0.05, 0) is 31.0 Å². The molecule has 0 aromatic heterocycles. The first kappa shape index (κ1) is 12.5. The molecule has 1 N–H and O–H groups in total. The summed E-state index contributed by atoms with van der Waals surface area (Å²) in [6.07, 6.45) is 0. The van der Waals surface area contributed by atoms with Crippen molar-refractivity contribution >= 4 is 10.0 Å². The summed E-state index contributed by atoms with van der Waals surface area (Å²) in [5, 5.41) is 3.09. The van der Waals surface area contributed by atoms with E-state index in [1.54, 1.807) is 13.1 Å². The van der Waals surface area contributed by atoms with Gasteiger partial charge >= 0.3 is 0 Å². The molecule has 1 saturated heterocycles. The molecule has 1 heterocycles. The third-order valence-corrected chi connectivity index (χ3v) is 5.33. The fourth-order valence-electron chi connectivity index (χ4n) is 1.87. The van der Waals surface area contributed by atoms with Crippen molar-refractivity contribution in [3.05, 3.63) is 29.3 Å². The summed E-state index contributed by atoms with van der Waals surface area (Å²) in [6.45, 7) is 5.21. The molecule has 1 aromatic rings. The quantitative estimate of drug-likeness (QED) is 0.871. The topological polar surface area (TPSA) is 49.4 Å². The molecule has 17 heavy (non-hydrogen) atoms. The third-order valence-electron chi connectivity index (χ3n) is 3.27. The SMILES string of the molecule is Cc1ccc(C)c(S(=O)(=O)N(C)C2CNC2)c1. The van der Waals surface area contributed by atoms with E-state index in [0.717, 1.165) is 24.2 Å². The highest BCUT2D eigenvalue weighted by Gasteiger charge is 2.32. The van der Waals surface area contributed by atoms with Gasteiger partial charge in [0.2, 0.25) is 10.0 Å². The lowest BCUT2D eigenvalue weighted by atomic mass is 10.2. The van der Waals surface area contributed by atoms with Gasteiger partial charge in [0.25, 0.3) is 0 Å². The van der Waals surface area contributed by atoms with Gasteiger partial charge in [0.15, 0.2) is 0 Å². The molecule has 0 atom stereocenters. The van der Waals surface area contributed by atoms with E-state index >= 15 is 0 Å². The monoisotopic (exact) mass is 254 g/mol. The molecule has 1 aliphatic heterocycles. The van der Waals surface area contributed by atoms with Gasteiger partial charge in [0.05, 0.1) is 4.90 Å². The van der Waals surface area contributed by atoms with Crippen molar-refractivity contribution in [1.82, 2.24) is 9.62 Å². The van der Waals surface area contributed by atoms with Crippen LogP contribution in [0.15, 0.2) is 23.1 Å². The Morgan fingerprint density at radius 2 is 1.94 bits per heavy atom. The van der Waals surface area contributed by atoms with Crippen molar-refractivity contribution in [3.8, 4) is 0 Å².